The number of hydrogen-bond donors (Lipinski definition) is 3. The Morgan fingerprint density at radius 2 is 1.84 bits per heavy atom. The van der Waals surface area contributed by atoms with Gasteiger partial charge in [0.1, 0.15) is 5.75 Å². The van der Waals surface area contributed by atoms with Crippen LogP contribution in [0.4, 0.5) is 0 Å². The lowest BCUT2D eigenvalue weighted by molar-refractivity contribution is 0.0921. The van der Waals surface area contributed by atoms with E-state index in [0.29, 0.717) is 11.6 Å². The summed E-state index contributed by atoms with van der Waals surface area (Å²) in [6.07, 6.45) is 4.19. The zero-order valence-electron chi connectivity index (χ0n) is 11.4. The molecule has 0 spiro atoms. The van der Waals surface area contributed by atoms with E-state index in [0.717, 1.165) is 32.2 Å². The highest BCUT2D eigenvalue weighted by Crippen LogP contribution is 2.20. The summed E-state index contributed by atoms with van der Waals surface area (Å²) in [6.45, 7) is 3.12. The maximum absolute atomic E-state index is 12.1. The number of phenols is 1. The van der Waals surface area contributed by atoms with Crippen LogP contribution in [0.15, 0.2) is 24.3 Å². The number of carbonyl (C=O) groups excluding carboxylic acids is 1. The fraction of sp³-hybridized carbons (Fsp3) is 0.533. The second-order valence-corrected chi connectivity index (χ2v) is 5.10. The minimum absolute atomic E-state index is 0.0429. The molecule has 1 saturated carbocycles. The smallest absolute Gasteiger partial charge is 0.255 e. The average molecular weight is 262 g/mol. The number of para-hydroxylation sites is 1. The molecule has 1 amide bonds. The van der Waals surface area contributed by atoms with Gasteiger partial charge in [0, 0.05) is 12.1 Å². The fourth-order valence-corrected chi connectivity index (χ4v) is 2.66. The summed E-state index contributed by atoms with van der Waals surface area (Å²) in [5, 5.41) is 16.1. The summed E-state index contributed by atoms with van der Waals surface area (Å²) in [6, 6.07) is 7.47. The molecule has 0 radical (unpaired) electrons. The number of hydrogen-bond acceptors (Lipinski definition) is 3. The first-order chi connectivity index (χ1) is 9.20. The van der Waals surface area contributed by atoms with Gasteiger partial charge in [0.15, 0.2) is 0 Å². The van der Waals surface area contributed by atoms with E-state index in [1.165, 1.54) is 6.07 Å². The van der Waals surface area contributed by atoms with Crippen LogP contribution in [-0.2, 0) is 0 Å². The monoisotopic (exact) mass is 262 g/mol. The molecule has 1 aliphatic rings. The molecule has 0 atom stereocenters. The Hall–Kier alpha value is -1.55. The Morgan fingerprint density at radius 1 is 1.21 bits per heavy atom. The summed E-state index contributed by atoms with van der Waals surface area (Å²) >= 11 is 0. The average Bonchev–Trinajstić information content (AvgIpc) is 2.42. The standard InChI is InChI=1S/C15H22N2O2/c1-2-16-11-7-9-12(10-8-11)17-15(19)13-5-3-4-6-14(13)18/h3-6,11-12,16,18H,2,7-10H2,1H3,(H,17,19). The molecular weight excluding hydrogens is 240 g/mol. The van der Waals surface area contributed by atoms with Gasteiger partial charge in [-0.1, -0.05) is 19.1 Å². The van der Waals surface area contributed by atoms with Crippen LogP contribution in [0.25, 0.3) is 0 Å². The van der Waals surface area contributed by atoms with E-state index in [-0.39, 0.29) is 17.7 Å². The van der Waals surface area contributed by atoms with Crippen molar-refractivity contribution in [2.45, 2.75) is 44.7 Å². The molecular formula is C15H22N2O2. The first-order valence-electron chi connectivity index (χ1n) is 7.03. The third-order valence-electron chi connectivity index (χ3n) is 3.70. The molecule has 1 fully saturated rings. The van der Waals surface area contributed by atoms with Gasteiger partial charge in [-0.25, -0.2) is 0 Å². The second kappa shape index (κ2) is 6.57. The van der Waals surface area contributed by atoms with Crippen LogP contribution in [0.5, 0.6) is 5.75 Å². The van der Waals surface area contributed by atoms with Crippen molar-refractivity contribution >= 4 is 5.91 Å². The summed E-state index contributed by atoms with van der Waals surface area (Å²) in [7, 11) is 0. The number of aromatic hydroxyl groups is 1. The fourth-order valence-electron chi connectivity index (χ4n) is 2.66. The van der Waals surface area contributed by atoms with Crippen molar-refractivity contribution in [3.63, 3.8) is 0 Å². The summed E-state index contributed by atoms with van der Waals surface area (Å²) < 4.78 is 0. The minimum Gasteiger partial charge on any atom is -0.507 e. The molecule has 0 heterocycles. The minimum atomic E-state index is -0.176. The van der Waals surface area contributed by atoms with E-state index in [4.69, 9.17) is 0 Å². The molecule has 3 N–H and O–H groups in total. The van der Waals surface area contributed by atoms with Crippen molar-refractivity contribution in [1.82, 2.24) is 10.6 Å². The highest BCUT2D eigenvalue weighted by Gasteiger charge is 2.22. The molecule has 2 rings (SSSR count). The molecule has 1 aromatic carbocycles. The molecule has 0 bridgehead atoms. The van der Waals surface area contributed by atoms with Crippen molar-refractivity contribution in [2.24, 2.45) is 0 Å². The van der Waals surface area contributed by atoms with Crippen LogP contribution < -0.4 is 10.6 Å². The van der Waals surface area contributed by atoms with Crippen molar-refractivity contribution in [2.75, 3.05) is 6.54 Å². The Kier molecular flexibility index (Phi) is 4.80. The summed E-state index contributed by atoms with van der Waals surface area (Å²) in [5.74, 6) is -0.133. The molecule has 0 aromatic heterocycles. The Labute approximate surface area is 114 Å². The third-order valence-corrected chi connectivity index (χ3v) is 3.70. The van der Waals surface area contributed by atoms with Crippen LogP contribution >= 0.6 is 0 Å². The first-order valence-corrected chi connectivity index (χ1v) is 7.03. The summed E-state index contributed by atoms with van der Waals surface area (Å²) in [4.78, 5) is 12.1. The number of phenolic OH excluding ortho intramolecular Hbond substituents is 1. The van der Waals surface area contributed by atoms with Gasteiger partial charge in [0.05, 0.1) is 5.56 Å². The predicted molar refractivity (Wildman–Crippen MR) is 75.3 cm³/mol. The Balaban J connectivity index is 1.86. The van der Waals surface area contributed by atoms with Crippen LogP contribution in [-0.4, -0.2) is 29.6 Å². The van der Waals surface area contributed by atoms with Gasteiger partial charge in [0.25, 0.3) is 5.91 Å². The number of nitrogens with one attached hydrogen (secondary N) is 2. The molecule has 1 aliphatic carbocycles. The van der Waals surface area contributed by atoms with E-state index >= 15 is 0 Å². The molecule has 4 heteroatoms. The molecule has 1 aromatic rings. The number of benzene rings is 1. The van der Waals surface area contributed by atoms with Crippen LogP contribution in [0.1, 0.15) is 43.0 Å². The van der Waals surface area contributed by atoms with Crippen molar-refractivity contribution < 1.29 is 9.90 Å². The lowest BCUT2D eigenvalue weighted by Gasteiger charge is -2.29. The largest absolute Gasteiger partial charge is 0.507 e. The van der Waals surface area contributed by atoms with Gasteiger partial charge in [-0.05, 0) is 44.4 Å². The molecule has 0 aliphatic heterocycles. The van der Waals surface area contributed by atoms with E-state index in [9.17, 15) is 9.90 Å². The topological polar surface area (TPSA) is 61.4 Å². The van der Waals surface area contributed by atoms with Gasteiger partial charge in [-0.15, -0.1) is 0 Å². The molecule has 0 unspecified atom stereocenters. The van der Waals surface area contributed by atoms with Crippen molar-refractivity contribution in [1.29, 1.82) is 0 Å². The van der Waals surface area contributed by atoms with E-state index in [1.807, 2.05) is 0 Å². The number of carbonyl (C=O) groups is 1. The van der Waals surface area contributed by atoms with E-state index in [2.05, 4.69) is 17.6 Å². The highest BCUT2D eigenvalue weighted by molar-refractivity contribution is 5.96. The third kappa shape index (κ3) is 3.70. The lowest BCUT2D eigenvalue weighted by atomic mass is 9.91. The Morgan fingerprint density at radius 3 is 2.47 bits per heavy atom. The maximum atomic E-state index is 12.1. The van der Waals surface area contributed by atoms with E-state index in [1.54, 1.807) is 18.2 Å². The first kappa shape index (κ1) is 13.9. The predicted octanol–water partition coefficient (Wildman–Crippen LogP) is 2.04. The van der Waals surface area contributed by atoms with Crippen molar-refractivity contribution in [3.05, 3.63) is 29.8 Å². The van der Waals surface area contributed by atoms with E-state index < -0.39 is 0 Å². The molecule has 0 saturated heterocycles. The van der Waals surface area contributed by atoms with Gasteiger partial charge in [-0.3, -0.25) is 4.79 Å². The van der Waals surface area contributed by atoms with Gasteiger partial charge < -0.3 is 15.7 Å². The van der Waals surface area contributed by atoms with Crippen LogP contribution in [0.3, 0.4) is 0 Å². The van der Waals surface area contributed by atoms with Crippen molar-refractivity contribution in [3.8, 4) is 5.75 Å². The molecule has 4 nitrogen and oxygen atoms in total. The maximum Gasteiger partial charge on any atom is 0.255 e. The van der Waals surface area contributed by atoms with Gasteiger partial charge in [-0.2, -0.15) is 0 Å². The van der Waals surface area contributed by atoms with Crippen LogP contribution in [0, 0.1) is 0 Å². The van der Waals surface area contributed by atoms with Gasteiger partial charge >= 0.3 is 0 Å². The molecule has 104 valence electrons. The zero-order chi connectivity index (χ0) is 13.7. The zero-order valence-corrected chi connectivity index (χ0v) is 11.4. The molecule has 19 heavy (non-hydrogen) atoms. The normalized spacial score (nSPS) is 23.0. The highest BCUT2D eigenvalue weighted by atomic mass is 16.3. The number of amides is 1. The SMILES string of the molecule is CCNC1CCC(NC(=O)c2ccccc2O)CC1. The quantitative estimate of drug-likeness (QED) is 0.778. The Bertz CT molecular complexity index is 426. The number of rotatable bonds is 4. The second-order valence-electron chi connectivity index (χ2n) is 5.10. The van der Waals surface area contributed by atoms with Gasteiger partial charge in [0.2, 0.25) is 0 Å². The summed E-state index contributed by atoms with van der Waals surface area (Å²) in [5.41, 5.74) is 0.358. The van der Waals surface area contributed by atoms with Crippen LogP contribution in [0.2, 0.25) is 0 Å². The lowest BCUT2D eigenvalue weighted by Crippen LogP contribution is -2.42.